The van der Waals surface area contributed by atoms with Crippen molar-refractivity contribution in [3.05, 3.63) is 22.6 Å². The second-order valence-electron chi connectivity index (χ2n) is 5.18. The monoisotopic (exact) mass is 287 g/mol. The third kappa shape index (κ3) is 5.61. The lowest BCUT2D eigenvalue weighted by Crippen LogP contribution is -2.18. The van der Waals surface area contributed by atoms with Crippen molar-refractivity contribution in [1.82, 2.24) is 4.90 Å². The van der Waals surface area contributed by atoms with Gasteiger partial charge in [0, 0.05) is 30.5 Å². The third-order valence-electron chi connectivity index (χ3n) is 3.00. The van der Waals surface area contributed by atoms with Gasteiger partial charge in [-0.15, -0.1) is 11.8 Å². The van der Waals surface area contributed by atoms with Crippen LogP contribution in [0.25, 0.3) is 0 Å². The summed E-state index contributed by atoms with van der Waals surface area (Å²) in [6, 6.07) is 0. The molecule has 0 radical (unpaired) electrons. The molecule has 1 rings (SSSR count). The molecule has 104 valence electrons. The zero-order chi connectivity index (χ0) is 13.5. The fourth-order valence-electron chi connectivity index (χ4n) is 1.96. The van der Waals surface area contributed by atoms with Gasteiger partial charge in [0.2, 0.25) is 0 Å². The maximum absolute atomic E-state index is 12.3. The largest absolute Gasteiger partial charge is 0.372 e. The zero-order valence-electron chi connectivity index (χ0n) is 11.8. The van der Waals surface area contributed by atoms with Crippen molar-refractivity contribution in [1.29, 1.82) is 0 Å². The molecule has 1 aliphatic carbocycles. The van der Waals surface area contributed by atoms with Crippen molar-refractivity contribution in [2.75, 3.05) is 19.8 Å². The second-order valence-corrected chi connectivity index (χ2v) is 7.74. The van der Waals surface area contributed by atoms with Gasteiger partial charge in [0.05, 0.1) is 15.8 Å². The van der Waals surface area contributed by atoms with Crippen LogP contribution in [0.1, 0.15) is 39.0 Å². The molecule has 0 spiro atoms. The first-order valence-corrected chi connectivity index (χ1v) is 8.82. The molecule has 1 aliphatic rings. The maximum atomic E-state index is 12.3. The lowest BCUT2D eigenvalue weighted by molar-refractivity contribution is 0.506. The summed E-state index contributed by atoms with van der Waals surface area (Å²) in [4.78, 5) is 2.05. The summed E-state index contributed by atoms with van der Waals surface area (Å²) in [5.41, 5.74) is 1.15. The van der Waals surface area contributed by atoms with Gasteiger partial charge in [-0.3, -0.25) is 4.21 Å². The van der Waals surface area contributed by atoms with Crippen molar-refractivity contribution in [2.24, 2.45) is 0 Å². The summed E-state index contributed by atoms with van der Waals surface area (Å²) in [7, 11) is 3.19. The average Bonchev–Trinajstić information content (AvgIpc) is 2.34. The van der Waals surface area contributed by atoms with E-state index in [1.165, 1.54) is 19.3 Å². The van der Waals surface area contributed by atoms with Crippen LogP contribution >= 0.6 is 11.8 Å². The lowest BCUT2D eigenvalue weighted by Gasteiger charge is -2.21. The van der Waals surface area contributed by atoms with E-state index in [0.717, 1.165) is 29.2 Å². The van der Waals surface area contributed by atoms with Gasteiger partial charge in [0.1, 0.15) is 0 Å². The van der Waals surface area contributed by atoms with Crippen LogP contribution in [-0.2, 0) is 10.8 Å². The molecule has 0 N–H and O–H groups in total. The Kier molecular flexibility index (Phi) is 7.08. The van der Waals surface area contributed by atoms with Crippen LogP contribution in [0.5, 0.6) is 0 Å². The van der Waals surface area contributed by atoms with Gasteiger partial charge in [-0.2, -0.15) is 0 Å². The predicted octanol–water partition coefficient (Wildman–Crippen LogP) is 3.74. The van der Waals surface area contributed by atoms with E-state index in [2.05, 4.69) is 6.58 Å². The van der Waals surface area contributed by atoms with Crippen molar-refractivity contribution < 1.29 is 4.21 Å². The molecule has 0 heterocycles. The van der Waals surface area contributed by atoms with E-state index in [4.69, 9.17) is 0 Å². The van der Waals surface area contributed by atoms with Crippen LogP contribution in [0, 0.1) is 0 Å². The number of nitrogens with zero attached hydrogens (tertiary/aromatic N) is 1. The highest BCUT2D eigenvalue weighted by Gasteiger charge is 2.19. The minimum Gasteiger partial charge on any atom is -0.372 e. The smallest absolute Gasteiger partial charge is 0.0795 e. The Balaban J connectivity index is 2.61. The topological polar surface area (TPSA) is 20.3 Å². The minimum absolute atomic E-state index is 0.374. The van der Waals surface area contributed by atoms with Crippen molar-refractivity contribution in [3.63, 3.8) is 0 Å². The Morgan fingerprint density at radius 1 is 1.39 bits per heavy atom. The second kappa shape index (κ2) is 8.05. The van der Waals surface area contributed by atoms with Gasteiger partial charge in [-0.1, -0.05) is 31.4 Å². The molecule has 0 aromatic rings. The highest BCUT2D eigenvalue weighted by molar-refractivity contribution is 8.03. The molecule has 1 fully saturated rings. The summed E-state index contributed by atoms with van der Waals surface area (Å²) in [6.07, 6.45) is 6.02. The van der Waals surface area contributed by atoms with E-state index in [1.807, 2.05) is 31.3 Å². The Bertz CT molecular complexity index is 331. The molecule has 1 atom stereocenters. The van der Waals surface area contributed by atoms with Crippen LogP contribution in [0.3, 0.4) is 0 Å². The molecule has 0 aromatic heterocycles. The number of hydrogen-bond acceptors (Lipinski definition) is 3. The summed E-state index contributed by atoms with van der Waals surface area (Å²) >= 11 is 1.72. The molecule has 0 bridgehead atoms. The van der Waals surface area contributed by atoms with Gasteiger partial charge in [-0.05, 0) is 19.8 Å². The highest BCUT2D eigenvalue weighted by atomic mass is 32.2. The van der Waals surface area contributed by atoms with Crippen molar-refractivity contribution in [3.8, 4) is 0 Å². The quantitative estimate of drug-likeness (QED) is 0.694. The number of rotatable bonds is 6. The molecule has 2 nitrogen and oxygen atoms in total. The highest BCUT2D eigenvalue weighted by Crippen LogP contribution is 2.26. The molecule has 0 amide bonds. The number of thioether (sulfide) groups is 1. The van der Waals surface area contributed by atoms with Crippen LogP contribution in [-0.4, -0.2) is 34.2 Å². The van der Waals surface area contributed by atoms with E-state index in [1.54, 1.807) is 11.8 Å². The van der Waals surface area contributed by atoms with Crippen LogP contribution in [0.2, 0.25) is 0 Å². The summed E-state index contributed by atoms with van der Waals surface area (Å²) in [6.45, 7) is 5.94. The summed E-state index contributed by atoms with van der Waals surface area (Å²) < 4.78 is 12.3. The van der Waals surface area contributed by atoms with Crippen LogP contribution in [0.15, 0.2) is 22.6 Å². The Hall–Kier alpha value is -0.220. The molecular formula is C14H25NOS2. The minimum atomic E-state index is -0.826. The molecule has 0 unspecified atom stereocenters. The summed E-state index contributed by atoms with van der Waals surface area (Å²) in [5, 5.41) is 3.42. The lowest BCUT2D eigenvalue weighted by atomic mass is 10.0. The number of hydrogen-bond donors (Lipinski definition) is 0. The molecule has 18 heavy (non-hydrogen) atoms. The molecular weight excluding hydrogens is 262 g/mol. The molecule has 0 saturated heterocycles. The van der Waals surface area contributed by atoms with Gasteiger partial charge >= 0.3 is 0 Å². The Morgan fingerprint density at radius 2 is 2.00 bits per heavy atom. The van der Waals surface area contributed by atoms with Gasteiger partial charge < -0.3 is 4.90 Å². The summed E-state index contributed by atoms with van der Waals surface area (Å²) in [5.74, 6) is 0.895. The first kappa shape index (κ1) is 15.8. The van der Waals surface area contributed by atoms with Gasteiger partial charge in [-0.25, -0.2) is 0 Å². The molecule has 0 aliphatic heterocycles. The predicted molar refractivity (Wildman–Crippen MR) is 84.1 cm³/mol. The molecule has 0 aromatic carbocycles. The van der Waals surface area contributed by atoms with E-state index >= 15 is 0 Å². The van der Waals surface area contributed by atoms with Crippen LogP contribution in [0.4, 0.5) is 0 Å². The third-order valence-corrected chi connectivity index (χ3v) is 6.15. The Morgan fingerprint density at radius 3 is 2.50 bits per heavy atom. The van der Waals surface area contributed by atoms with Crippen LogP contribution < -0.4 is 0 Å². The van der Waals surface area contributed by atoms with Crippen molar-refractivity contribution in [2.45, 2.75) is 44.3 Å². The Labute approximate surface area is 118 Å². The SMILES string of the molecule is C=C(C)CS/C(=C\[S@@](=O)C1CCCCC1)N(C)C. The zero-order valence-corrected chi connectivity index (χ0v) is 13.4. The van der Waals surface area contributed by atoms with E-state index in [-0.39, 0.29) is 0 Å². The van der Waals surface area contributed by atoms with E-state index in [0.29, 0.717) is 5.25 Å². The van der Waals surface area contributed by atoms with Gasteiger partial charge in [0.25, 0.3) is 0 Å². The molecule has 1 saturated carbocycles. The first-order valence-electron chi connectivity index (χ1n) is 6.56. The average molecular weight is 287 g/mol. The molecule has 4 heteroatoms. The van der Waals surface area contributed by atoms with E-state index < -0.39 is 10.8 Å². The normalized spacial score (nSPS) is 19.6. The van der Waals surface area contributed by atoms with E-state index in [9.17, 15) is 4.21 Å². The maximum Gasteiger partial charge on any atom is 0.0795 e. The van der Waals surface area contributed by atoms with Gasteiger partial charge in [0.15, 0.2) is 0 Å². The fourth-order valence-corrected chi connectivity index (χ4v) is 4.57. The van der Waals surface area contributed by atoms with Crippen molar-refractivity contribution >= 4 is 22.6 Å². The standard InChI is InChI=1S/C14H25NOS2/c1-12(2)10-17-14(15(3)4)11-18(16)13-8-6-5-7-9-13/h11,13H,1,5-10H2,2-4H3/b14-11-/t18-/m1/s1. The first-order chi connectivity index (χ1) is 8.50. The fraction of sp³-hybridized carbons (Fsp3) is 0.714.